The number of hydrogen-bond donors (Lipinski definition) is 1. The molecule has 0 radical (unpaired) electrons. The van der Waals surface area contributed by atoms with Crippen molar-refractivity contribution in [2.75, 3.05) is 7.11 Å². The standard InChI is InChI=1S/C10H18N2O2/c1-4-9(5-2)12-10(13)6-8(11-12)7-14-3/h6,9,11H,4-5,7H2,1-3H3. The molecule has 0 aromatic carbocycles. The van der Waals surface area contributed by atoms with Crippen LogP contribution in [-0.2, 0) is 11.3 Å². The molecule has 0 unspecified atom stereocenters. The van der Waals surface area contributed by atoms with Gasteiger partial charge in [0.05, 0.1) is 18.3 Å². The Morgan fingerprint density at radius 1 is 1.50 bits per heavy atom. The van der Waals surface area contributed by atoms with E-state index in [2.05, 4.69) is 18.9 Å². The van der Waals surface area contributed by atoms with Crippen molar-refractivity contribution in [2.45, 2.75) is 39.3 Å². The SMILES string of the molecule is CCC(CC)n1[nH]c(COC)cc1=O. The average Bonchev–Trinajstić information content (AvgIpc) is 2.51. The number of rotatable bonds is 5. The summed E-state index contributed by atoms with van der Waals surface area (Å²) in [6, 6.07) is 1.87. The molecule has 1 aromatic rings. The van der Waals surface area contributed by atoms with Gasteiger partial charge in [0, 0.05) is 13.2 Å². The van der Waals surface area contributed by atoms with Gasteiger partial charge in [0.1, 0.15) is 0 Å². The molecule has 4 heteroatoms. The van der Waals surface area contributed by atoms with Gasteiger partial charge in [-0.05, 0) is 12.8 Å². The monoisotopic (exact) mass is 198 g/mol. The van der Waals surface area contributed by atoms with E-state index in [1.165, 1.54) is 0 Å². The molecule has 0 aliphatic carbocycles. The third-order valence-electron chi connectivity index (χ3n) is 2.41. The highest BCUT2D eigenvalue weighted by Gasteiger charge is 2.10. The molecule has 0 bridgehead atoms. The predicted octanol–water partition coefficient (Wildman–Crippen LogP) is 1.68. The van der Waals surface area contributed by atoms with Crippen LogP contribution in [0.5, 0.6) is 0 Å². The fraction of sp³-hybridized carbons (Fsp3) is 0.700. The van der Waals surface area contributed by atoms with Gasteiger partial charge < -0.3 is 4.74 Å². The number of aromatic amines is 1. The third-order valence-corrected chi connectivity index (χ3v) is 2.41. The Morgan fingerprint density at radius 2 is 2.14 bits per heavy atom. The van der Waals surface area contributed by atoms with Crippen molar-refractivity contribution in [3.8, 4) is 0 Å². The quantitative estimate of drug-likeness (QED) is 0.782. The average molecular weight is 198 g/mol. The molecular formula is C10H18N2O2. The summed E-state index contributed by atoms with van der Waals surface area (Å²) in [5, 5.41) is 3.06. The number of methoxy groups -OCH3 is 1. The maximum absolute atomic E-state index is 11.6. The summed E-state index contributed by atoms with van der Waals surface area (Å²) in [6.45, 7) is 4.62. The molecule has 1 rings (SSSR count). The highest BCUT2D eigenvalue weighted by Crippen LogP contribution is 2.11. The van der Waals surface area contributed by atoms with Crippen LogP contribution in [0, 0.1) is 0 Å². The molecule has 4 nitrogen and oxygen atoms in total. The summed E-state index contributed by atoms with van der Waals surface area (Å²) in [6.07, 6.45) is 1.92. The van der Waals surface area contributed by atoms with E-state index in [0.29, 0.717) is 6.61 Å². The Kier molecular flexibility index (Phi) is 3.95. The topological polar surface area (TPSA) is 47.0 Å². The summed E-state index contributed by atoms with van der Waals surface area (Å²) in [7, 11) is 1.62. The lowest BCUT2D eigenvalue weighted by molar-refractivity contribution is 0.180. The van der Waals surface area contributed by atoms with Gasteiger partial charge in [-0.3, -0.25) is 9.89 Å². The lowest BCUT2D eigenvalue weighted by Gasteiger charge is -2.12. The van der Waals surface area contributed by atoms with Crippen molar-refractivity contribution in [3.63, 3.8) is 0 Å². The van der Waals surface area contributed by atoms with Crippen LogP contribution in [0.15, 0.2) is 10.9 Å². The molecule has 14 heavy (non-hydrogen) atoms. The minimum Gasteiger partial charge on any atom is -0.378 e. The second-order valence-electron chi connectivity index (χ2n) is 3.39. The van der Waals surface area contributed by atoms with E-state index in [0.717, 1.165) is 18.5 Å². The zero-order valence-corrected chi connectivity index (χ0v) is 9.04. The fourth-order valence-electron chi connectivity index (χ4n) is 1.62. The van der Waals surface area contributed by atoms with Crippen LogP contribution in [0.2, 0.25) is 0 Å². The number of aromatic nitrogens is 2. The summed E-state index contributed by atoms with van der Waals surface area (Å²) >= 11 is 0. The van der Waals surface area contributed by atoms with E-state index in [1.54, 1.807) is 17.9 Å². The fourth-order valence-corrected chi connectivity index (χ4v) is 1.62. The smallest absolute Gasteiger partial charge is 0.267 e. The first-order chi connectivity index (χ1) is 6.72. The van der Waals surface area contributed by atoms with Crippen LogP contribution in [0.3, 0.4) is 0 Å². The first kappa shape index (κ1) is 11.0. The molecule has 1 N–H and O–H groups in total. The number of ether oxygens (including phenoxy) is 1. The molecule has 0 aliphatic heterocycles. The van der Waals surface area contributed by atoms with Gasteiger partial charge in [0.25, 0.3) is 5.56 Å². The normalized spacial score (nSPS) is 11.1. The van der Waals surface area contributed by atoms with E-state index in [-0.39, 0.29) is 11.6 Å². The molecule has 0 saturated heterocycles. The highest BCUT2D eigenvalue weighted by atomic mass is 16.5. The number of hydrogen-bond acceptors (Lipinski definition) is 2. The van der Waals surface area contributed by atoms with E-state index < -0.39 is 0 Å². The van der Waals surface area contributed by atoms with Crippen molar-refractivity contribution in [1.82, 2.24) is 9.78 Å². The Hall–Kier alpha value is -1.03. The molecule has 0 atom stereocenters. The molecule has 1 aromatic heterocycles. The minimum absolute atomic E-state index is 0.0331. The Morgan fingerprint density at radius 3 is 2.64 bits per heavy atom. The second-order valence-corrected chi connectivity index (χ2v) is 3.39. The molecule has 0 aliphatic rings. The van der Waals surface area contributed by atoms with Gasteiger partial charge in [-0.25, -0.2) is 4.68 Å². The molecule has 0 amide bonds. The van der Waals surface area contributed by atoms with Gasteiger partial charge in [-0.15, -0.1) is 0 Å². The van der Waals surface area contributed by atoms with Crippen LogP contribution in [0.1, 0.15) is 38.4 Å². The van der Waals surface area contributed by atoms with Crippen LogP contribution in [0.25, 0.3) is 0 Å². The van der Waals surface area contributed by atoms with Crippen molar-refractivity contribution in [1.29, 1.82) is 0 Å². The van der Waals surface area contributed by atoms with Gasteiger partial charge in [-0.1, -0.05) is 13.8 Å². The van der Waals surface area contributed by atoms with Gasteiger partial charge in [0.2, 0.25) is 0 Å². The first-order valence-corrected chi connectivity index (χ1v) is 5.02. The highest BCUT2D eigenvalue weighted by molar-refractivity contribution is 4.98. The molecule has 0 spiro atoms. The molecule has 1 heterocycles. The molecule has 0 fully saturated rings. The van der Waals surface area contributed by atoms with Crippen LogP contribution >= 0.6 is 0 Å². The number of nitrogens with zero attached hydrogens (tertiary/aromatic N) is 1. The summed E-state index contributed by atoms with van der Waals surface area (Å²) in [5.74, 6) is 0. The van der Waals surface area contributed by atoms with Crippen molar-refractivity contribution in [3.05, 3.63) is 22.1 Å². The molecular weight excluding hydrogens is 180 g/mol. The zero-order valence-electron chi connectivity index (χ0n) is 9.04. The maximum atomic E-state index is 11.6. The largest absolute Gasteiger partial charge is 0.378 e. The van der Waals surface area contributed by atoms with Gasteiger partial charge >= 0.3 is 0 Å². The van der Waals surface area contributed by atoms with E-state index in [9.17, 15) is 4.79 Å². The molecule has 0 saturated carbocycles. The predicted molar refractivity (Wildman–Crippen MR) is 55.4 cm³/mol. The Labute approximate surface area is 83.9 Å². The minimum atomic E-state index is 0.0331. The van der Waals surface area contributed by atoms with E-state index >= 15 is 0 Å². The summed E-state index contributed by atoms with van der Waals surface area (Å²) < 4.78 is 6.65. The van der Waals surface area contributed by atoms with E-state index in [4.69, 9.17) is 4.74 Å². The summed E-state index contributed by atoms with van der Waals surface area (Å²) in [4.78, 5) is 11.6. The van der Waals surface area contributed by atoms with Crippen LogP contribution < -0.4 is 5.56 Å². The molecule has 80 valence electrons. The first-order valence-electron chi connectivity index (χ1n) is 5.02. The van der Waals surface area contributed by atoms with Crippen molar-refractivity contribution in [2.24, 2.45) is 0 Å². The summed E-state index contributed by atoms with van der Waals surface area (Å²) in [5.41, 5.74) is 0.871. The Bertz CT molecular complexity index is 323. The lowest BCUT2D eigenvalue weighted by atomic mass is 10.2. The maximum Gasteiger partial charge on any atom is 0.267 e. The third kappa shape index (κ3) is 2.26. The number of nitrogens with one attached hydrogen (secondary N) is 1. The van der Waals surface area contributed by atoms with E-state index in [1.807, 2.05) is 0 Å². The van der Waals surface area contributed by atoms with Gasteiger partial charge in [-0.2, -0.15) is 0 Å². The van der Waals surface area contributed by atoms with Crippen LogP contribution in [0.4, 0.5) is 0 Å². The lowest BCUT2D eigenvalue weighted by Crippen LogP contribution is -2.21. The van der Waals surface area contributed by atoms with Crippen molar-refractivity contribution >= 4 is 0 Å². The van der Waals surface area contributed by atoms with Gasteiger partial charge in [0.15, 0.2) is 0 Å². The second kappa shape index (κ2) is 5.00. The zero-order chi connectivity index (χ0) is 10.6. The van der Waals surface area contributed by atoms with Crippen molar-refractivity contribution < 1.29 is 4.74 Å². The Balaban J connectivity index is 2.91. The van der Waals surface area contributed by atoms with Crippen LogP contribution in [-0.4, -0.2) is 16.9 Å². The number of H-pyrrole nitrogens is 1.